The van der Waals surface area contributed by atoms with Crippen molar-refractivity contribution in [2.24, 2.45) is 0 Å². The molecular formula is C14H14N4O3S. The molecule has 2 rings (SSSR count). The predicted octanol–water partition coefficient (Wildman–Crippen LogP) is 0.724. The highest BCUT2D eigenvalue weighted by atomic mass is 32.1. The minimum atomic E-state index is -0.503. The lowest BCUT2D eigenvalue weighted by Crippen LogP contribution is -2.43. The summed E-state index contributed by atoms with van der Waals surface area (Å²) in [5.41, 5.74) is 5.28. The second kappa shape index (κ2) is 7.89. The number of hydrazine groups is 1. The molecule has 114 valence electrons. The number of hydrogen-bond acceptors (Lipinski definition) is 5. The molecule has 0 aliphatic heterocycles. The number of rotatable bonds is 5. The molecule has 3 amide bonds. The lowest BCUT2D eigenvalue weighted by molar-refractivity contribution is -0.121. The van der Waals surface area contributed by atoms with Crippen LogP contribution in [0.5, 0.6) is 0 Å². The van der Waals surface area contributed by atoms with Crippen molar-refractivity contribution in [3.8, 4) is 0 Å². The highest BCUT2D eigenvalue weighted by Gasteiger charge is 2.09. The number of carbonyl (C=O) groups excluding carboxylic acids is 3. The summed E-state index contributed by atoms with van der Waals surface area (Å²) in [5, 5.41) is 6.14. The number of nitrogens with one attached hydrogen (secondary N) is 3. The number of carbonyl (C=O) groups is 3. The van der Waals surface area contributed by atoms with Crippen LogP contribution < -0.4 is 16.2 Å². The first-order valence-electron chi connectivity index (χ1n) is 6.47. The van der Waals surface area contributed by atoms with Gasteiger partial charge in [0.2, 0.25) is 5.91 Å². The first-order valence-corrected chi connectivity index (χ1v) is 7.41. The highest BCUT2D eigenvalue weighted by molar-refractivity contribution is 7.08. The van der Waals surface area contributed by atoms with E-state index in [2.05, 4.69) is 21.2 Å². The van der Waals surface area contributed by atoms with Gasteiger partial charge in [-0.2, -0.15) is 11.3 Å². The van der Waals surface area contributed by atoms with E-state index in [1.54, 1.807) is 29.0 Å². The van der Waals surface area contributed by atoms with Gasteiger partial charge in [0.05, 0.1) is 0 Å². The van der Waals surface area contributed by atoms with Crippen LogP contribution in [0.15, 0.2) is 41.2 Å². The molecule has 0 fully saturated rings. The molecule has 0 bridgehead atoms. The smallest absolute Gasteiger partial charge is 0.288 e. The number of pyridine rings is 1. The van der Waals surface area contributed by atoms with Crippen LogP contribution in [0, 0.1) is 0 Å². The van der Waals surface area contributed by atoms with Crippen LogP contribution in [-0.2, 0) is 4.79 Å². The van der Waals surface area contributed by atoms with E-state index in [0.717, 1.165) is 0 Å². The Bertz CT molecular complexity index is 643. The zero-order valence-corrected chi connectivity index (χ0v) is 12.4. The maximum absolute atomic E-state index is 11.6. The van der Waals surface area contributed by atoms with E-state index < -0.39 is 11.8 Å². The fourth-order valence-corrected chi connectivity index (χ4v) is 2.17. The lowest BCUT2D eigenvalue weighted by Gasteiger charge is -2.07. The standard InChI is InChI=1S/C14H14N4O3S/c19-12(4-7-16-13(20)10-5-8-22-9-10)17-18-14(21)11-3-1-2-6-15-11/h1-3,5-6,8-9H,4,7H2,(H,16,20)(H,17,19)(H,18,21). The Morgan fingerprint density at radius 3 is 2.64 bits per heavy atom. The molecule has 0 radical (unpaired) electrons. The third-order valence-electron chi connectivity index (χ3n) is 2.63. The Hall–Kier alpha value is -2.74. The maximum Gasteiger partial charge on any atom is 0.288 e. The molecule has 8 heteroatoms. The molecule has 0 unspecified atom stereocenters. The molecular weight excluding hydrogens is 304 g/mol. The van der Waals surface area contributed by atoms with Gasteiger partial charge >= 0.3 is 0 Å². The zero-order chi connectivity index (χ0) is 15.8. The number of thiophene rings is 1. The van der Waals surface area contributed by atoms with Crippen LogP contribution in [0.1, 0.15) is 27.3 Å². The van der Waals surface area contributed by atoms with E-state index >= 15 is 0 Å². The van der Waals surface area contributed by atoms with Gasteiger partial charge in [0, 0.05) is 30.1 Å². The van der Waals surface area contributed by atoms with Gasteiger partial charge in [-0.25, -0.2) is 0 Å². The van der Waals surface area contributed by atoms with Gasteiger partial charge in [-0.1, -0.05) is 6.07 Å². The normalized spacial score (nSPS) is 9.82. The molecule has 3 N–H and O–H groups in total. The summed E-state index contributed by atoms with van der Waals surface area (Å²) >= 11 is 1.42. The number of aromatic nitrogens is 1. The SMILES string of the molecule is O=C(CCNC(=O)c1ccsc1)NNC(=O)c1ccccn1. The lowest BCUT2D eigenvalue weighted by atomic mass is 10.3. The van der Waals surface area contributed by atoms with E-state index in [9.17, 15) is 14.4 Å². The number of hydrogen-bond donors (Lipinski definition) is 3. The van der Waals surface area contributed by atoms with Crippen LogP contribution in [-0.4, -0.2) is 29.3 Å². The van der Waals surface area contributed by atoms with Crippen LogP contribution in [0.25, 0.3) is 0 Å². The monoisotopic (exact) mass is 318 g/mol. The third-order valence-corrected chi connectivity index (χ3v) is 3.32. The van der Waals surface area contributed by atoms with Crippen LogP contribution in [0.3, 0.4) is 0 Å². The Morgan fingerprint density at radius 1 is 1.09 bits per heavy atom. The van der Waals surface area contributed by atoms with E-state index in [4.69, 9.17) is 0 Å². The van der Waals surface area contributed by atoms with Gasteiger partial charge in [-0.3, -0.25) is 30.2 Å². The number of nitrogens with zero attached hydrogens (tertiary/aromatic N) is 1. The fraction of sp³-hybridized carbons (Fsp3) is 0.143. The topological polar surface area (TPSA) is 100 Å². The zero-order valence-electron chi connectivity index (χ0n) is 11.5. The van der Waals surface area contributed by atoms with Gasteiger partial charge in [0.1, 0.15) is 5.69 Å². The molecule has 0 aliphatic carbocycles. The van der Waals surface area contributed by atoms with E-state index in [0.29, 0.717) is 5.56 Å². The average molecular weight is 318 g/mol. The molecule has 0 aliphatic rings. The van der Waals surface area contributed by atoms with Crippen LogP contribution in [0.2, 0.25) is 0 Å². The summed E-state index contributed by atoms with van der Waals surface area (Å²) in [6.45, 7) is 0.181. The molecule has 2 heterocycles. The molecule has 0 atom stereocenters. The molecule has 2 aromatic rings. The van der Waals surface area contributed by atoms with E-state index in [-0.39, 0.29) is 24.6 Å². The van der Waals surface area contributed by atoms with Crippen LogP contribution >= 0.6 is 11.3 Å². The molecule has 0 saturated carbocycles. The molecule has 2 aromatic heterocycles. The summed E-state index contributed by atoms with van der Waals surface area (Å²) in [6.07, 6.45) is 1.54. The van der Waals surface area contributed by atoms with Crippen molar-refractivity contribution >= 4 is 29.1 Å². The third kappa shape index (κ3) is 4.67. The van der Waals surface area contributed by atoms with Gasteiger partial charge in [0.25, 0.3) is 11.8 Å². The minimum Gasteiger partial charge on any atom is -0.351 e. The quantitative estimate of drug-likeness (QED) is 0.707. The van der Waals surface area contributed by atoms with Gasteiger partial charge in [0.15, 0.2) is 0 Å². The van der Waals surface area contributed by atoms with Gasteiger partial charge in [-0.15, -0.1) is 0 Å². The summed E-state index contributed by atoms with van der Waals surface area (Å²) in [5.74, 6) is -1.14. The Morgan fingerprint density at radius 2 is 1.95 bits per heavy atom. The first kappa shape index (κ1) is 15.6. The molecule has 0 saturated heterocycles. The van der Waals surface area contributed by atoms with Crippen molar-refractivity contribution in [1.29, 1.82) is 0 Å². The summed E-state index contributed by atoms with van der Waals surface area (Å²) < 4.78 is 0. The summed E-state index contributed by atoms with van der Waals surface area (Å²) in [6, 6.07) is 6.59. The number of amides is 3. The van der Waals surface area contributed by atoms with Crippen molar-refractivity contribution < 1.29 is 14.4 Å². The molecule has 0 aromatic carbocycles. The Kier molecular flexibility index (Phi) is 5.61. The minimum absolute atomic E-state index is 0.0539. The average Bonchev–Trinajstić information content (AvgIpc) is 3.08. The highest BCUT2D eigenvalue weighted by Crippen LogP contribution is 2.04. The Labute approximate surface area is 130 Å². The van der Waals surface area contributed by atoms with Crippen molar-refractivity contribution in [2.45, 2.75) is 6.42 Å². The molecule has 7 nitrogen and oxygen atoms in total. The molecule has 0 spiro atoms. The van der Waals surface area contributed by atoms with E-state index in [1.807, 2.05) is 0 Å². The van der Waals surface area contributed by atoms with Gasteiger partial charge in [-0.05, 0) is 23.6 Å². The van der Waals surface area contributed by atoms with Crippen molar-refractivity contribution in [1.82, 2.24) is 21.2 Å². The van der Waals surface area contributed by atoms with Crippen molar-refractivity contribution in [3.63, 3.8) is 0 Å². The predicted molar refractivity (Wildman–Crippen MR) is 81.1 cm³/mol. The summed E-state index contributed by atoms with van der Waals surface area (Å²) in [7, 11) is 0. The first-order chi connectivity index (χ1) is 10.7. The fourth-order valence-electron chi connectivity index (χ4n) is 1.54. The van der Waals surface area contributed by atoms with Gasteiger partial charge < -0.3 is 5.32 Å². The second-order valence-corrected chi connectivity index (χ2v) is 5.02. The summed E-state index contributed by atoms with van der Waals surface area (Å²) in [4.78, 5) is 38.7. The largest absolute Gasteiger partial charge is 0.351 e. The molecule has 22 heavy (non-hydrogen) atoms. The van der Waals surface area contributed by atoms with Crippen molar-refractivity contribution in [2.75, 3.05) is 6.54 Å². The van der Waals surface area contributed by atoms with Crippen molar-refractivity contribution in [3.05, 3.63) is 52.5 Å². The van der Waals surface area contributed by atoms with E-state index in [1.165, 1.54) is 23.6 Å². The Balaban J connectivity index is 1.66. The second-order valence-electron chi connectivity index (χ2n) is 4.24. The van der Waals surface area contributed by atoms with Crippen LogP contribution in [0.4, 0.5) is 0 Å². The maximum atomic E-state index is 11.6.